The number of halogens is 3. The highest BCUT2D eigenvalue weighted by Crippen LogP contribution is 2.34. The number of amides is 1. The fourth-order valence-electron chi connectivity index (χ4n) is 1.61. The number of rotatable bonds is 6. The van der Waals surface area contributed by atoms with Gasteiger partial charge in [-0.25, -0.2) is 0 Å². The van der Waals surface area contributed by atoms with Crippen LogP contribution in [-0.4, -0.2) is 17.0 Å². The average molecular weight is 289 g/mol. The zero-order chi connectivity index (χ0) is 15.2. The van der Waals surface area contributed by atoms with E-state index in [0.717, 1.165) is 6.07 Å². The number of para-hydroxylation sites is 1. The van der Waals surface area contributed by atoms with Crippen LogP contribution in [0, 0.1) is 0 Å². The molecule has 0 heterocycles. The molecule has 20 heavy (non-hydrogen) atoms. The van der Waals surface area contributed by atoms with Crippen molar-refractivity contribution in [3.8, 4) is 0 Å². The fraction of sp³-hybridized carbons (Fsp3) is 0.385. The van der Waals surface area contributed by atoms with Crippen molar-refractivity contribution in [2.45, 2.75) is 31.9 Å². The molecule has 0 unspecified atom stereocenters. The second-order valence-corrected chi connectivity index (χ2v) is 4.19. The van der Waals surface area contributed by atoms with Gasteiger partial charge < -0.3 is 10.4 Å². The molecule has 0 saturated heterocycles. The highest BCUT2D eigenvalue weighted by atomic mass is 19.4. The molecule has 0 aliphatic heterocycles. The fourth-order valence-corrected chi connectivity index (χ4v) is 1.61. The molecule has 0 spiro atoms. The van der Waals surface area contributed by atoms with Crippen molar-refractivity contribution in [1.82, 2.24) is 0 Å². The van der Waals surface area contributed by atoms with Gasteiger partial charge in [-0.1, -0.05) is 12.1 Å². The van der Waals surface area contributed by atoms with Crippen LogP contribution < -0.4 is 5.32 Å². The highest BCUT2D eigenvalue weighted by molar-refractivity contribution is 5.91. The Morgan fingerprint density at radius 2 is 1.70 bits per heavy atom. The number of carboxylic acid groups (broad SMARTS) is 1. The Morgan fingerprint density at radius 1 is 1.10 bits per heavy atom. The molecule has 1 amide bonds. The van der Waals surface area contributed by atoms with Gasteiger partial charge in [0, 0.05) is 12.8 Å². The van der Waals surface area contributed by atoms with Gasteiger partial charge in [-0.3, -0.25) is 9.59 Å². The van der Waals surface area contributed by atoms with E-state index < -0.39 is 23.6 Å². The lowest BCUT2D eigenvalue weighted by molar-refractivity contribution is -0.138. The molecular weight excluding hydrogens is 275 g/mol. The van der Waals surface area contributed by atoms with E-state index in [2.05, 4.69) is 5.32 Å². The molecule has 0 aliphatic carbocycles. The van der Waals surface area contributed by atoms with Crippen LogP contribution in [0.2, 0.25) is 0 Å². The maximum atomic E-state index is 12.7. The minimum atomic E-state index is -4.53. The monoisotopic (exact) mass is 289 g/mol. The van der Waals surface area contributed by atoms with E-state index in [-0.39, 0.29) is 18.5 Å². The third-order valence-electron chi connectivity index (χ3n) is 2.55. The first-order chi connectivity index (χ1) is 9.30. The first kappa shape index (κ1) is 16.0. The second-order valence-electron chi connectivity index (χ2n) is 4.19. The summed E-state index contributed by atoms with van der Waals surface area (Å²) in [4.78, 5) is 21.8. The van der Waals surface area contributed by atoms with E-state index in [9.17, 15) is 22.8 Å². The molecule has 1 rings (SSSR count). The number of alkyl halides is 3. The van der Waals surface area contributed by atoms with Gasteiger partial charge in [0.25, 0.3) is 0 Å². The summed E-state index contributed by atoms with van der Waals surface area (Å²) in [5, 5.41) is 10.6. The second kappa shape index (κ2) is 6.93. The van der Waals surface area contributed by atoms with Crippen molar-refractivity contribution in [2.75, 3.05) is 5.32 Å². The Bertz CT molecular complexity index is 486. The summed E-state index contributed by atoms with van der Waals surface area (Å²) in [5.41, 5.74) is -1.19. The number of nitrogens with one attached hydrogen (secondary N) is 1. The minimum absolute atomic E-state index is 0.0144. The number of hydrogen-bond donors (Lipinski definition) is 2. The topological polar surface area (TPSA) is 66.4 Å². The van der Waals surface area contributed by atoms with Gasteiger partial charge in [-0.2, -0.15) is 13.2 Å². The number of carboxylic acids is 1. The van der Waals surface area contributed by atoms with Crippen molar-refractivity contribution < 1.29 is 27.9 Å². The third-order valence-corrected chi connectivity index (χ3v) is 2.55. The van der Waals surface area contributed by atoms with Crippen LogP contribution in [-0.2, 0) is 15.8 Å². The standard InChI is InChI=1S/C13H14F3NO3/c14-13(15,16)9-5-1-2-6-10(9)17-11(18)7-3-4-8-12(19)20/h1-2,5-6H,3-4,7-8H2,(H,17,18)(H,19,20). The molecule has 0 aliphatic rings. The van der Waals surface area contributed by atoms with E-state index in [4.69, 9.17) is 5.11 Å². The molecule has 1 aromatic carbocycles. The first-order valence-electron chi connectivity index (χ1n) is 5.98. The summed E-state index contributed by atoms with van der Waals surface area (Å²) in [6.45, 7) is 0. The quantitative estimate of drug-likeness (QED) is 0.790. The maximum absolute atomic E-state index is 12.7. The molecule has 0 bridgehead atoms. The van der Waals surface area contributed by atoms with Crippen molar-refractivity contribution in [3.05, 3.63) is 29.8 Å². The summed E-state index contributed by atoms with van der Waals surface area (Å²) in [7, 11) is 0. The zero-order valence-electron chi connectivity index (χ0n) is 10.5. The predicted octanol–water partition coefficient (Wildman–Crippen LogP) is 3.29. The van der Waals surface area contributed by atoms with Crippen LogP contribution in [0.3, 0.4) is 0 Å². The molecule has 1 aromatic rings. The number of carbonyl (C=O) groups is 2. The SMILES string of the molecule is O=C(O)CCCCC(=O)Nc1ccccc1C(F)(F)F. The van der Waals surface area contributed by atoms with Gasteiger partial charge in [0.15, 0.2) is 0 Å². The number of unbranched alkanes of at least 4 members (excludes halogenated alkanes) is 1. The highest BCUT2D eigenvalue weighted by Gasteiger charge is 2.33. The molecule has 4 nitrogen and oxygen atoms in total. The average Bonchev–Trinajstić information content (AvgIpc) is 2.34. The molecule has 7 heteroatoms. The lowest BCUT2D eigenvalue weighted by atomic mass is 10.1. The molecule has 0 saturated carbocycles. The van der Waals surface area contributed by atoms with Crippen LogP contribution in [0.5, 0.6) is 0 Å². The van der Waals surface area contributed by atoms with Gasteiger partial charge in [-0.05, 0) is 25.0 Å². The van der Waals surface area contributed by atoms with Crippen LogP contribution >= 0.6 is 0 Å². The summed E-state index contributed by atoms with van der Waals surface area (Å²) in [6, 6.07) is 4.71. The molecule has 110 valence electrons. The normalized spacial score (nSPS) is 11.2. The van der Waals surface area contributed by atoms with Crippen LogP contribution in [0.1, 0.15) is 31.2 Å². The molecule has 0 aromatic heterocycles. The van der Waals surface area contributed by atoms with E-state index >= 15 is 0 Å². The van der Waals surface area contributed by atoms with Gasteiger partial charge in [0.05, 0.1) is 11.3 Å². The van der Waals surface area contributed by atoms with E-state index in [0.29, 0.717) is 12.8 Å². The van der Waals surface area contributed by atoms with E-state index in [1.165, 1.54) is 18.2 Å². The van der Waals surface area contributed by atoms with Gasteiger partial charge >= 0.3 is 12.1 Å². The first-order valence-corrected chi connectivity index (χ1v) is 5.98. The van der Waals surface area contributed by atoms with Crippen LogP contribution in [0.15, 0.2) is 24.3 Å². The minimum Gasteiger partial charge on any atom is -0.481 e. The zero-order valence-corrected chi connectivity index (χ0v) is 10.5. The number of carbonyl (C=O) groups excluding carboxylic acids is 1. The van der Waals surface area contributed by atoms with Crippen LogP contribution in [0.25, 0.3) is 0 Å². The molecule has 0 fully saturated rings. The van der Waals surface area contributed by atoms with Gasteiger partial charge in [-0.15, -0.1) is 0 Å². The van der Waals surface area contributed by atoms with E-state index in [1.807, 2.05) is 0 Å². The predicted molar refractivity (Wildman–Crippen MR) is 66.2 cm³/mol. The van der Waals surface area contributed by atoms with Crippen molar-refractivity contribution >= 4 is 17.6 Å². The largest absolute Gasteiger partial charge is 0.481 e. The van der Waals surface area contributed by atoms with Gasteiger partial charge in [0.1, 0.15) is 0 Å². The van der Waals surface area contributed by atoms with Crippen molar-refractivity contribution in [3.63, 3.8) is 0 Å². The Morgan fingerprint density at radius 3 is 2.30 bits per heavy atom. The van der Waals surface area contributed by atoms with Crippen molar-refractivity contribution in [1.29, 1.82) is 0 Å². The Labute approximate surface area is 113 Å². The third kappa shape index (κ3) is 5.29. The Kier molecular flexibility index (Phi) is 5.54. The number of aliphatic carboxylic acids is 1. The molecule has 0 radical (unpaired) electrons. The van der Waals surface area contributed by atoms with Gasteiger partial charge in [0.2, 0.25) is 5.91 Å². The Balaban J connectivity index is 2.56. The summed E-state index contributed by atoms with van der Waals surface area (Å²) < 4.78 is 38.0. The Hall–Kier alpha value is -2.05. The number of hydrogen-bond acceptors (Lipinski definition) is 2. The van der Waals surface area contributed by atoms with E-state index in [1.54, 1.807) is 0 Å². The smallest absolute Gasteiger partial charge is 0.418 e. The van der Waals surface area contributed by atoms with Crippen LogP contribution in [0.4, 0.5) is 18.9 Å². The molecule has 0 atom stereocenters. The molecular formula is C13H14F3NO3. The number of benzene rings is 1. The lowest BCUT2D eigenvalue weighted by Gasteiger charge is -2.13. The summed E-state index contributed by atoms with van der Waals surface area (Å²) >= 11 is 0. The lowest BCUT2D eigenvalue weighted by Crippen LogP contribution is -2.16. The summed E-state index contributed by atoms with van der Waals surface area (Å²) in [6.07, 6.45) is -3.99. The van der Waals surface area contributed by atoms with Crippen molar-refractivity contribution in [2.24, 2.45) is 0 Å². The summed E-state index contributed by atoms with van der Waals surface area (Å²) in [5.74, 6) is -1.53. The molecule has 2 N–H and O–H groups in total. The maximum Gasteiger partial charge on any atom is 0.418 e. The number of anilines is 1.